The van der Waals surface area contributed by atoms with E-state index in [1.54, 1.807) is 25.1 Å². The van der Waals surface area contributed by atoms with Gasteiger partial charge in [-0.2, -0.15) is 13.2 Å². The van der Waals surface area contributed by atoms with E-state index >= 15 is 0 Å². The Morgan fingerprint density at radius 1 is 1.17 bits per heavy atom. The molecule has 0 heterocycles. The van der Waals surface area contributed by atoms with Gasteiger partial charge in [-0.25, -0.2) is 0 Å². The highest BCUT2D eigenvalue weighted by Gasteiger charge is 2.35. The van der Waals surface area contributed by atoms with E-state index in [2.05, 4.69) is 0 Å². The molecule has 0 aromatic heterocycles. The zero-order valence-electron chi connectivity index (χ0n) is 12.7. The Kier molecular flexibility index (Phi) is 5.49. The summed E-state index contributed by atoms with van der Waals surface area (Å²) < 4.78 is 42.3. The average Bonchev–Trinajstić information content (AvgIpc) is 2.48. The SMILES string of the molecule is Cc1ccccc1C(=O)C(C)(I)Oc1ccc(C(F)(F)F)cc1Cl. The van der Waals surface area contributed by atoms with Crippen LogP contribution in [0.4, 0.5) is 13.2 Å². The van der Waals surface area contributed by atoms with Crippen LogP contribution >= 0.6 is 34.2 Å². The first-order chi connectivity index (χ1) is 11.0. The molecule has 2 nitrogen and oxygen atoms in total. The molecule has 0 aliphatic rings. The van der Waals surface area contributed by atoms with Crippen LogP contribution in [0.15, 0.2) is 42.5 Å². The zero-order valence-corrected chi connectivity index (χ0v) is 15.7. The molecular formula is C17H13ClF3IO2. The van der Waals surface area contributed by atoms with Crippen molar-refractivity contribution in [2.75, 3.05) is 0 Å². The van der Waals surface area contributed by atoms with E-state index < -0.39 is 15.3 Å². The maximum Gasteiger partial charge on any atom is 0.416 e. The molecular weight excluding hydrogens is 456 g/mol. The molecule has 2 aromatic carbocycles. The lowest BCUT2D eigenvalue weighted by Crippen LogP contribution is -2.35. The number of carbonyl (C=O) groups excluding carboxylic acids is 1. The maximum absolute atomic E-state index is 12.7. The van der Waals surface area contributed by atoms with E-state index in [1.807, 2.05) is 28.7 Å². The monoisotopic (exact) mass is 468 g/mol. The Hall–Kier alpha value is -1.28. The molecule has 0 amide bonds. The van der Waals surface area contributed by atoms with Gasteiger partial charge in [0.1, 0.15) is 5.75 Å². The predicted molar refractivity (Wildman–Crippen MR) is 95.0 cm³/mol. The number of rotatable bonds is 4. The molecule has 24 heavy (non-hydrogen) atoms. The van der Waals surface area contributed by atoms with Gasteiger partial charge in [-0.05, 0) is 60.2 Å². The van der Waals surface area contributed by atoms with E-state index in [-0.39, 0.29) is 16.6 Å². The van der Waals surface area contributed by atoms with E-state index in [0.29, 0.717) is 5.56 Å². The number of carbonyl (C=O) groups is 1. The van der Waals surface area contributed by atoms with Gasteiger partial charge in [0.25, 0.3) is 0 Å². The summed E-state index contributed by atoms with van der Waals surface area (Å²) in [5.41, 5.74) is 0.394. The topological polar surface area (TPSA) is 26.3 Å². The second-order valence-electron chi connectivity index (χ2n) is 5.31. The third-order valence-corrected chi connectivity index (χ3v) is 4.36. The summed E-state index contributed by atoms with van der Waals surface area (Å²) >= 11 is 7.70. The molecule has 128 valence electrons. The van der Waals surface area contributed by atoms with E-state index in [0.717, 1.165) is 23.8 Å². The molecule has 0 aliphatic heterocycles. The molecule has 0 N–H and O–H groups in total. The minimum Gasteiger partial charge on any atom is -0.468 e. The lowest BCUT2D eigenvalue weighted by Gasteiger charge is -2.24. The average molecular weight is 469 g/mol. The van der Waals surface area contributed by atoms with Crippen LogP contribution in [-0.2, 0) is 6.18 Å². The van der Waals surface area contributed by atoms with Crippen molar-refractivity contribution in [2.24, 2.45) is 0 Å². The number of hydrogen-bond donors (Lipinski definition) is 0. The molecule has 1 atom stereocenters. The number of alkyl halides is 4. The summed E-state index contributed by atoms with van der Waals surface area (Å²) in [4.78, 5) is 12.7. The molecule has 0 fully saturated rings. The Labute approximate surface area is 156 Å². The fraction of sp³-hybridized carbons (Fsp3) is 0.235. The van der Waals surface area contributed by atoms with Crippen molar-refractivity contribution >= 4 is 40.0 Å². The predicted octanol–water partition coefficient (Wildman–Crippen LogP) is 6.08. The van der Waals surface area contributed by atoms with Gasteiger partial charge < -0.3 is 4.74 Å². The molecule has 0 radical (unpaired) electrons. The number of aryl methyl sites for hydroxylation is 1. The molecule has 0 saturated heterocycles. The largest absolute Gasteiger partial charge is 0.468 e. The van der Waals surface area contributed by atoms with Crippen molar-refractivity contribution in [1.29, 1.82) is 0 Å². The first-order valence-electron chi connectivity index (χ1n) is 6.87. The van der Waals surface area contributed by atoms with Crippen molar-refractivity contribution in [2.45, 2.75) is 23.6 Å². The third kappa shape index (κ3) is 4.22. The summed E-state index contributed by atoms with van der Waals surface area (Å²) in [5.74, 6) is -0.277. The van der Waals surface area contributed by atoms with Gasteiger partial charge in [0.2, 0.25) is 9.39 Å². The third-order valence-electron chi connectivity index (χ3n) is 3.36. The van der Waals surface area contributed by atoms with E-state index in [9.17, 15) is 18.0 Å². The number of benzene rings is 2. The fourth-order valence-corrected chi connectivity index (χ4v) is 2.83. The number of ketones is 1. The molecule has 2 rings (SSSR count). The van der Waals surface area contributed by atoms with Crippen molar-refractivity contribution in [3.8, 4) is 5.75 Å². The number of hydrogen-bond acceptors (Lipinski definition) is 2. The number of ether oxygens (including phenoxy) is 1. The molecule has 0 spiro atoms. The number of Topliss-reactive ketones (excluding diaryl/α,β-unsaturated/α-hetero) is 1. The van der Waals surface area contributed by atoms with Gasteiger partial charge in [-0.3, -0.25) is 4.79 Å². The Balaban J connectivity index is 2.29. The summed E-state index contributed by atoms with van der Waals surface area (Å²) in [5, 5.41) is -0.203. The van der Waals surface area contributed by atoms with Crippen molar-refractivity contribution in [1.82, 2.24) is 0 Å². The van der Waals surface area contributed by atoms with Crippen LogP contribution in [0, 0.1) is 6.92 Å². The van der Waals surface area contributed by atoms with Crippen LogP contribution in [0.2, 0.25) is 5.02 Å². The van der Waals surface area contributed by atoms with Crippen LogP contribution in [0.5, 0.6) is 5.75 Å². The van der Waals surface area contributed by atoms with Crippen LogP contribution in [-0.4, -0.2) is 9.39 Å². The first-order valence-corrected chi connectivity index (χ1v) is 8.33. The lowest BCUT2D eigenvalue weighted by molar-refractivity contribution is -0.137. The Morgan fingerprint density at radius 2 is 1.79 bits per heavy atom. The zero-order chi connectivity index (χ0) is 18.1. The van der Waals surface area contributed by atoms with Crippen LogP contribution in [0.1, 0.15) is 28.4 Å². The molecule has 0 bridgehead atoms. The maximum atomic E-state index is 12.7. The van der Waals surface area contributed by atoms with E-state index in [1.165, 1.54) is 6.92 Å². The van der Waals surface area contributed by atoms with Gasteiger partial charge in [0.05, 0.1) is 10.6 Å². The highest BCUT2D eigenvalue weighted by atomic mass is 127. The smallest absolute Gasteiger partial charge is 0.416 e. The van der Waals surface area contributed by atoms with Crippen LogP contribution in [0.3, 0.4) is 0 Å². The van der Waals surface area contributed by atoms with Gasteiger partial charge in [0.15, 0.2) is 0 Å². The van der Waals surface area contributed by atoms with Crippen LogP contribution in [0.25, 0.3) is 0 Å². The lowest BCUT2D eigenvalue weighted by atomic mass is 10.0. The summed E-state index contributed by atoms with van der Waals surface area (Å²) in [6.07, 6.45) is -4.49. The van der Waals surface area contributed by atoms with Crippen molar-refractivity contribution in [3.05, 3.63) is 64.2 Å². The van der Waals surface area contributed by atoms with Crippen molar-refractivity contribution in [3.63, 3.8) is 0 Å². The fourth-order valence-electron chi connectivity index (χ4n) is 2.08. The van der Waals surface area contributed by atoms with Gasteiger partial charge in [0, 0.05) is 5.56 Å². The molecule has 1 unspecified atom stereocenters. The highest BCUT2D eigenvalue weighted by Crippen LogP contribution is 2.37. The number of halogens is 5. The first kappa shape index (κ1) is 19.1. The normalized spacial score (nSPS) is 14.1. The van der Waals surface area contributed by atoms with Crippen LogP contribution < -0.4 is 4.74 Å². The van der Waals surface area contributed by atoms with E-state index in [4.69, 9.17) is 16.3 Å². The molecule has 2 aromatic rings. The molecule has 0 aliphatic carbocycles. The minimum atomic E-state index is -4.49. The quantitative estimate of drug-likeness (QED) is 0.309. The Morgan fingerprint density at radius 3 is 2.33 bits per heavy atom. The van der Waals surface area contributed by atoms with Gasteiger partial charge >= 0.3 is 6.18 Å². The standard InChI is InChI=1S/C17H13ClF3IO2/c1-10-5-3-4-6-12(10)15(23)16(2,22)24-14-8-7-11(9-13(14)18)17(19,20)21/h3-9H,1-2H3. The second-order valence-corrected chi connectivity index (χ2v) is 7.77. The minimum absolute atomic E-state index is 0.0171. The van der Waals surface area contributed by atoms with Gasteiger partial charge in [-0.1, -0.05) is 35.9 Å². The highest BCUT2D eigenvalue weighted by molar-refractivity contribution is 14.1. The molecule has 0 saturated carbocycles. The second kappa shape index (κ2) is 6.92. The Bertz CT molecular complexity index is 773. The van der Waals surface area contributed by atoms with Gasteiger partial charge in [-0.15, -0.1) is 0 Å². The summed E-state index contributed by atoms with van der Waals surface area (Å²) in [6.45, 7) is 3.33. The molecule has 7 heteroatoms. The van der Waals surface area contributed by atoms with Crippen molar-refractivity contribution < 1.29 is 22.7 Å². The summed E-state index contributed by atoms with van der Waals surface area (Å²) in [7, 11) is 0. The summed E-state index contributed by atoms with van der Waals surface area (Å²) in [6, 6.07) is 9.78.